The minimum absolute atomic E-state index is 0.136. The van der Waals surface area contributed by atoms with Gasteiger partial charge in [-0.1, -0.05) is 23.7 Å². The summed E-state index contributed by atoms with van der Waals surface area (Å²) in [6.07, 6.45) is -0.976. The van der Waals surface area contributed by atoms with E-state index in [-0.39, 0.29) is 24.1 Å². The summed E-state index contributed by atoms with van der Waals surface area (Å²) in [6.45, 7) is 1.54. The molecule has 1 fully saturated rings. The number of aryl methyl sites for hydroxylation is 1. The van der Waals surface area contributed by atoms with Crippen molar-refractivity contribution in [1.29, 1.82) is 0 Å². The lowest BCUT2D eigenvalue weighted by atomic mass is 9.97. The number of amides is 3. The third kappa shape index (κ3) is 4.03. The van der Waals surface area contributed by atoms with Crippen molar-refractivity contribution in [3.63, 3.8) is 0 Å². The Labute approximate surface area is 179 Å². The number of halogens is 1. The molecule has 1 aromatic carbocycles. The molecule has 1 aliphatic heterocycles. The first-order valence-electron chi connectivity index (χ1n) is 9.30. The van der Waals surface area contributed by atoms with E-state index < -0.39 is 18.1 Å². The summed E-state index contributed by atoms with van der Waals surface area (Å²) in [4.78, 5) is 40.8. The van der Waals surface area contributed by atoms with Gasteiger partial charge in [0.2, 0.25) is 5.91 Å². The van der Waals surface area contributed by atoms with Gasteiger partial charge in [0.15, 0.2) is 11.8 Å². The highest BCUT2D eigenvalue weighted by atomic mass is 35.5. The van der Waals surface area contributed by atoms with E-state index in [1.165, 1.54) is 14.5 Å². The zero-order chi connectivity index (χ0) is 22.2. The molecule has 2 atom stereocenters. The summed E-state index contributed by atoms with van der Waals surface area (Å²) in [7, 11) is 6.54. The molecule has 0 bridgehead atoms. The van der Waals surface area contributed by atoms with Crippen LogP contribution in [0.4, 0.5) is 5.69 Å². The predicted octanol–water partition coefficient (Wildman–Crippen LogP) is 1.62. The minimum Gasteiger partial charge on any atom is -0.356 e. The molecule has 1 aromatic heterocycles. The minimum atomic E-state index is -0.976. The SMILES string of the molecule is Cc1c(NC(=O)C2OCC(=O)N(C)C2c2ccc(Cl)cc2)c(C(=O)N(C)C)nn1C. The van der Waals surface area contributed by atoms with Crippen LogP contribution in [-0.4, -0.2) is 71.2 Å². The maximum absolute atomic E-state index is 13.2. The van der Waals surface area contributed by atoms with Crippen molar-refractivity contribution in [3.05, 3.63) is 46.2 Å². The molecule has 10 heteroatoms. The Hall–Kier alpha value is -2.91. The molecule has 3 rings (SSSR count). The predicted molar refractivity (Wildman–Crippen MR) is 111 cm³/mol. The Balaban J connectivity index is 1.94. The van der Waals surface area contributed by atoms with Crippen LogP contribution < -0.4 is 5.32 Å². The second-order valence-electron chi connectivity index (χ2n) is 7.35. The van der Waals surface area contributed by atoms with Gasteiger partial charge in [0.1, 0.15) is 6.61 Å². The summed E-state index contributed by atoms with van der Waals surface area (Å²) in [5.41, 5.74) is 1.79. The van der Waals surface area contributed by atoms with Gasteiger partial charge >= 0.3 is 0 Å². The van der Waals surface area contributed by atoms with Gasteiger partial charge in [-0.05, 0) is 24.6 Å². The molecule has 0 aliphatic carbocycles. The van der Waals surface area contributed by atoms with Crippen molar-refractivity contribution in [2.75, 3.05) is 33.1 Å². The first-order chi connectivity index (χ1) is 14.1. The van der Waals surface area contributed by atoms with Crippen molar-refractivity contribution >= 4 is 35.0 Å². The summed E-state index contributed by atoms with van der Waals surface area (Å²) in [5.74, 6) is -1.04. The Morgan fingerprint density at radius 3 is 2.47 bits per heavy atom. The third-order valence-electron chi connectivity index (χ3n) is 5.14. The summed E-state index contributed by atoms with van der Waals surface area (Å²) < 4.78 is 7.16. The zero-order valence-electron chi connectivity index (χ0n) is 17.5. The molecule has 30 heavy (non-hydrogen) atoms. The van der Waals surface area contributed by atoms with Crippen LogP contribution in [0.15, 0.2) is 24.3 Å². The second kappa shape index (κ2) is 8.45. The van der Waals surface area contributed by atoms with Gasteiger partial charge in [-0.15, -0.1) is 0 Å². The number of aromatic nitrogens is 2. The standard InChI is InChI=1S/C20H24ClN5O4/c1-11-15(16(23-26(11)5)20(29)24(2)3)22-19(28)18-17(25(4)14(27)10-30-18)12-6-8-13(21)9-7-12/h6-9,17-18H,10H2,1-5H3,(H,22,28). The van der Waals surface area contributed by atoms with Gasteiger partial charge in [-0.2, -0.15) is 5.10 Å². The fourth-order valence-corrected chi connectivity index (χ4v) is 3.43. The van der Waals surface area contributed by atoms with Gasteiger partial charge in [-0.25, -0.2) is 0 Å². The van der Waals surface area contributed by atoms with E-state index in [1.54, 1.807) is 59.4 Å². The largest absolute Gasteiger partial charge is 0.356 e. The van der Waals surface area contributed by atoms with Crippen LogP contribution in [0.3, 0.4) is 0 Å². The zero-order valence-corrected chi connectivity index (χ0v) is 18.2. The molecule has 0 saturated carbocycles. The smallest absolute Gasteiger partial charge is 0.276 e. The lowest BCUT2D eigenvalue weighted by Gasteiger charge is -2.38. The van der Waals surface area contributed by atoms with Crippen LogP contribution in [0.1, 0.15) is 27.8 Å². The molecule has 2 aromatic rings. The third-order valence-corrected chi connectivity index (χ3v) is 5.40. The molecule has 3 amide bonds. The Bertz CT molecular complexity index is 986. The fraction of sp³-hybridized carbons (Fsp3) is 0.400. The molecule has 9 nitrogen and oxygen atoms in total. The Kier molecular flexibility index (Phi) is 6.14. The molecule has 0 radical (unpaired) electrons. The topological polar surface area (TPSA) is 96.8 Å². The maximum atomic E-state index is 13.2. The second-order valence-corrected chi connectivity index (χ2v) is 7.79. The number of hydrogen-bond acceptors (Lipinski definition) is 5. The highest BCUT2D eigenvalue weighted by Gasteiger charge is 2.40. The van der Waals surface area contributed by atoms with Gasteiger partial charge in [0, 0.05) is 33.2 Å². The van der Waals surface area contributed by atoms with Crippen LogP contribution in [0.2, 0.25) is 5.02 Å². The van der Waals surface area contributed by atoms with E-state index in [4.69, 9.17) is 16.3 Å². The Morgan fingerprint density at radius 1 is 1.23 bits per heavy atom. The lowest BCUT2D eigenvalue weighted by molar-refractivity contribution is -0.160. The molecule has 0 spiro atoms. The number of hydrogen-bond donors (Lipinski definition) is 1. The van der Waals surface area contributed by atoms with Crippen LogP contribution in [0.25, 0.3) is 0 Å². The van der Waals surface area contributed by atoms with E-state index in [0.717, 1.165) is 0 Å². The number of anilines is 1. The number of likely N-dealkylation sites (N-methyl/N-ethyl adjacent to an activating group) is 1. The first kappa shape index (κ1) is 21.8. The monoisotopic (exact) mass is 433 g/mol. The van der Waals surface area contributed by atoms with Crippen LogP contribution >= 0.6 is 11.6 Å². The van der Waals surface area contributed by atoms with Crippen LogP contribution in [0.5, 0.6) is 0 Å². The number of rotatable bonds is 4. The van der Waals surface area contributed by atoms with Gasteiger partial charge in [0.25, 0.3) is 11.8 Å². The lowest BCUT2D eigenvalue weighted by Crippen LogP contribution is -2.51. The van der Waals surface area contributed by atoms with Gasteiger partial charge in [0.05, 0.1) is 17.4 Å². The van der Waals surface area contributed by atoms with E-state index in [0.29, 0.717) is 22.0 Å². The molecular weight excluding hydrogens is 410 g/mol. The number of ether oxygens (including phenoxy) is 1. The Morgan fingerprint density at radius 2 is 1.87 bits per heavy atom. The molecule has 2 unspecified atom stereocenters. The highest BCUT2D eigenvalue weighted by Crippen LogP contribution is 2.31. The fourth-order valence-electron chi connectivity index (χ4n) is 3.30. The van der Waals surface area contributed by atoms with Crippen molar-refractivity contribution in [2.24, 2.45) is 7.05 Å². The van der Waals surface area contributed by atoms with Crippen molar-refractivity contribution in [3.8, 4) is 0 Å². The number of carbonyl (C=O) groups excluding carboxylic acids is 3. The number of benzene rings is 1. The van der Waals surface area contributed by atoms with Crippen molar-refractivity contribution < 1.29 is 19.1 Å². The first-order valence-corrected chi connectivity index (χ1v) is 9.68. The van der Waals surface area contributed by atoms with Gasteiger partial charge in [-0.3, -0.25) is 19.1 Å². The van der Waals surface area contributed by atoms with Gasteiger partial charge < -0.3 is 19.9 Å². The highest BCUT2D eigenvalue weighted by molar-refractivity contribution is 6.30. The van der Waals surface area contributed by atoms with E-state index in [2.05, 4.69) is 10.4 Å². The van der Waals surface area contributed by atoms with Crippen molar-refractivity contribution in [2.45, 2.75) is 19.1 Å². The summed E-state index contributed by atoms with van der Waals surface area (Å²) >= 11 is 5.98. The molecule has 1 N–H and O–H groups in total. The van der Waals surface area contributed by atoms with E-state index in [9.17, 15) is 14.4 Å². The van der Waals surface area contributed by atoms with E-state index in [1.807, 2.05) is 0 Å². The van der Waals surface area contributed by atoms with Crippen molar-refractivity contribution in [1.82, 2.24) is 19.6 Å². The number of nitrogens with one attached hydrogen (secondary N) is 1. The average Bonchev–Trinajstić information content (AvgIpc) is 2.98. The number of nitrogens with zero attached hydrogens (tertiary/aromatic N) is 4. The maximum Gasteiger partial charge on any atom is 0.276 e. The van der Waals surface area contributed by atoms with Crippen LogP contribution in [0, 0.1) is 6.92 Å². The van der Waals surface area contributed by atoms with Crippen LogP contribution in [-0.2, 0) is 21.4 Å². The van der Waals surface area contributed by atoms with E-state index >= 15 is 0 Å². The quantitative estimate of drug-likeness (QED) is 0.790. The summed E-state index contributed by atoms with van der Waals surface area (Å²) in [6, 6.07) is 6.24. The molecule has 1 aliphatic rings. The summed E-state index contributed by atoms with van der Waals surface area (Å²) in [5, 5.41) is 7.57. The number of morpholine rings is 1. The molecular formula is C20H24ClN5O4. The molecule has 1 saturated heterocycles. The average molecular weight is 434 g/mol. The normalized spacial score (nSPS) is 19.0. The molecule has 160 valence electrons. The molecule has 2 heterocycles. The number of carbonyl (C=O) groups is 3.